The Balaban J connectivity index is 2.22. The molecule has 0 saturated carbocycles. The molecule has 3 aliphatic heterocycles. The highest BCUT2D eigenvalue weighted by Crippen LogP contribution is 2.40. The molecule has 15 heteroatoms. The van der Waals surface area contributed by atoms with Crippen molar-refractivity contribution in [2.75, 3.05) is 34.8 Å². The lowest BCUT2D eigenvalue weighted by Crippen LogP contribution is -2.60. The SMILES string of the molecule is CCC(=O)O[C@@H]1[C@@H](C)N(C)C[C@H](C)C[C@@](C)(O)[C@H](O[C@@H]2O[C@H](C)C[C@H](N(C)C)[C@H]2O)[C@@H](C)[C@H](O[C@H]2C[C@@](C)(OC)[C@@H](O)[C@H](C)O2)[C@@H](C)C(=O)O[C@H](CC)[C@@]1(C)O. The Morgan fingerprint density at radius 2 is 1.59 bits per heavy atom. The Bertz CT molecular complexity index is 1270. The Hall–Kier alpha value is -1.50. The van der Waals surface area contributed by atoms with E-state index in [0.717, 1.165) is 0 Å². The summed E-state index contributed by atoms with van der Waals surface area (Å²) < 4.78 is 43.8. The molecule has 0 bridgehead atoms. The molecule has 0 unspecified atom stereocenters. The zero-order valence-corrected chi connectivity index (χ0v) is 36.8. The minimum Gasteiger partial charge on any atom is -0.459 e. The number of hydrogen-bond acceptors (Lipinski definition) is 15. The second-order valence-electron chi connectivity index (χ2n) is 18.0. The highest BCUT2D eigenvalue weighted by atomic mass is 16.7. The summed E-state index contributed by atoms with van der Waals surface area (Å²) in [4.78, 5) is 31.1. The standard InChI is InChI=1S/C41H76N2O13/c1-16-29-41(11,49)36(54-30(44)17-2)26(7)43(14)21-22(3)19-39(9,48)35(56-38-32(45)28(42(12)13)18-23(4)51-38)24(5)33(25(6)37(47)53-29)55-31-20-40(10,50-15)34(46)27(8)52-31/h22-29,31-36,38,45-46,48-49H,16-21H2,1-15H3/t22-,23-,24+,25-,26-,27+,28+,29-,31+,32-,33+,34+,35-,36-,38+,39-,40-,41-/m1/s1. The summed E-state index contributed by atoms with van der Waals surface area (Å²) in [6.07, 6.45) is -8.18. The van der Waals surface area contributed by atoms with Crippen LogP contribution in [0, 0.1) is 17.8 Å². The topological polar surface area (TPSA) is 186 Å². The number of rotatable bonds is 9. The molecule has 0 spiro atoms. The van der Waals surface area contributed by atoms with Crippen LogP contribution in [0.3, 0.4) is 0 Å². The van der Waals surface area contributed by atoms with Gasteiger partial charge in [0.15, 0.2) is 12.6 Å². The largest absolute Gasteiger partial charge is 0.459 e. The monoisotopic (exact) mass is 805 g/mol. The van der Waals surface area contributed by atoms with E-state index < -0.39 is 102 Å². The number of ether oxygens (including phenoxy) is 7. The van der Waals surface area contributed by atoms with Gasteiger partial charge in [-0.1, -0.05) is 27.7 Å². The van der Waals surface area contributed by atoms with Crippen molar-refractivity contribution in [2.45, 2.75) is 199 Å². The van der Waals surface area contributed by atoms with Crippen molar-refractivity contribution in [3.05, 3.63) is 0 Å². The summed E-state index contributed by atoms with van der Waals surface area (Å²) in [5.41, 5.74) is -4.43. The molecule has 4 N–H and O–H groups in total. The number of carbonyl (C=O) groups excluding carboxylic acids is 2. The third kappa shape index (κ3) is 11.2. The fourth-order valence-electron chi connectivity index (χ4n) is 9.16. The number of cyclic esters (lactones) is 1. The van der Waals surface area contributed by atoms with Gasteiger partial charge in [-0.05, 0) is 94.8 Å². The quantitative estimate of drug-likeness (QED) is 0.249. The fourth-order valence-corrected chi connectivity index (χ4v) is 9.16. The Kier molecular flexibility index (Phi) is 17.2. The molecule has 0 aromatic heterocycles. The van der Waals surface area contributed by atoms with E-state index >= 15 is 0 Å². The Morgan fingerprint density at radius 1 is 0.964 bits per heavy atom. The number of nitrogens with zero attached hydrogens (tertiary/aromatic N) is 2. The molecule has 0 aromatic rings. The van der Waals surface area contributed by atoms with E-state index in [1.165, 1.54) is 14.0 Å². The highest BCUT2D eigenvalue weighted by molar-refractivity contribution is 5.73. The molecule has 3 aliphatic rings. The first-order valence-corrected chi connectivity index (χ1v) is 20.6. The number of carbonyl (C=O) groups is 2. The van der Waals surface area contributed by atoms with Crippen molar-refractivity contribution in [2.24, 2.45) is 17.8 Å². The predicted octanol–water partition coefficient (Wildman–Crippen LogP) is 2.86. The number of aliphatic hydroxyl groups excluding tert-OH is 2. The molecular weight excluding hydrogens is 728 g/mol. The van der Waals surface area contributed by atoms with Gasteiger partial charge in [-0.2, -0.15) is 0 Å². The normalized spacial score (nSPS) is 46.8. The van der Waals surface area contributed by atoms with Gasteiger partial charge in [0.1, 0.15) is 30.0 Å². The number of esters is 2. The maximum Gasteiger partial charge on any atom is 0.311 e. The van der Waals surface area contributed by atoms with Crippen LogP contribution in [0.15, 0.2) is 0 Å². The Morgan fingerprint density at radius 3 is 2.14 bits per heavy atom. The molecule has 18 atom stereocenters. The third-order valence-corrected chi connectivity index (χ3v) is 12.7. The lowest BCUT2D eigenvalue weighted by atomic mass is 9.77. The first-order chi connectivity index (χ1) is 25.8. The predicted molar refractivity (Wildman–Crippen MR) is 208 cm³/mol. The van der Waals surface area contributed by atoms with Crippen molar-refractivity contribution < 1.29 is 63.2 Å². The molecule has 3 saturated heterocycles. The number of hydrogen-bond donors (Lipinski definition) is 4. The fraction of sp³-hybridized carbons (Fsp3) is 0.951. The molecular formula is C41H76N2O13. The molecule has 328 valence electrons. The van der Waals surface area contributed by atoms with Crippen molar-refractivity contribution in [3.63, 3.8) is 0 Å². The summed E-state index contributed by atoms with van der Waals surface area (Å²) in [5.74, 6) is -3.20. The van der Waals surface area contributed by atoms with Crippen LogP contribution in [0.1, 0.15) is 108 Å². The van der Waals surface area contributed by atoms with Gasteiger partial charge < -0.3 is 58.5 Å². The zero-order chi connectivity index (χ0) is 42.7. The second kappa shape index (κ2) is 19.7. The van der Waals surface area contributed by atoms with Crippen LogP contribution in [0.5, 0.6) is 0 Å². The lowest BCUT2D eigenvalue weighted by molar-refractivity contribution is -0.318. The number of aliphatic hydroxyl groups is 4. The summed E-state index contributed by atoms with van der Waals surface area (Å²) in [5, 5.41) is 47.4. The van der Waals surface area contributed by atoms with Gasteiger partial charge >= 0.3 is 11.9 Å². The molecule has 3 heterocycles. The van der Waals surface area contributed by atoms with E-state index in [2.05, 4.69) is 0 Å². The summed E-state index contributed by atoms with van der Waals surface area (Å²) in [6.45, 7) is 19.8. The van der Waals surface area contributed by atoms with E-state index in [4.69, 9.17) is 33.2 Å². The summed E-state index contributed by atoms with van der Waals surface area (Å²) >= 11 is 0. The van der Waals surface area contributed by atoms with Crippen LogP contribution in [0.4, 0.5) is 0 Å². The molecule has 56 heavy (non-hydrogen) atoms. The zero-order valence-electron chi connectivity index (χ0n) is 36.8. The molecule has 3 fully saturated rings. The molecule has 3 rings (SSSR count). The third-order valence-electron chi connectivity index (χ3n) is 12.7. The molecule has 0 aromatic carbocycles. The van der Waals surface area contributed by atoms with E-state index in [9.17, 15) is 30.0 Å². The molecule has 0 aliphatic carbocycles. The maximum atomic E-state index is 14.4. The van der Waals surface area contributed by atoms with Gasteiger partial charge in [0, 0.05) is 44.5 Å². The minimum atomic E-state index is -1.81. The average Bonchev–Trinajstić information content (AvgIpc) is 3.11. The summed E-state index contributed by atoms with van der Waals surface area (Å²) in [6, 6.07) is -0.818. The minimum absolute atomic E-state index is 0.0860. The van der Waals surface area contributed by atoms with Gasteiger partial charge in [0.2, 0.25) is 0 Å². The summed E-state index contributed by atoms with van der Waals surface area (Å²) in [7, 11) is 7.13. The molecule has 0 radical (unpaired) electrons. The average molecular weight is 805 g/mol. The smallest absolute Gasteiger partial charge is 0.311 e. The van der Waals surface area contributed by atoms with Crippen LogP contribution in [0.25, 0.3) is 0 Å². The van der Waals surface area contributed by atoms with Crippen molar-refractivity contribution in [3.8, 4) is 0 Å². The first kappa shape index (κ1) is 48.9. The van der Waals surface area contributed by atoms with Gasteiger partial charge in [0.05, 0.1) is 41.5 Å². The van der Waals surface area contributed by atoms with Gasteiger partial charge in [0.25, 0.3) is 0 Å². The van der Waals surface area contributed by atoms with E-state index in [-0.39, 0.29) is 43.7 Å². The van der Waals surface area contributed by atoms with Crippen molar-refractivity contribution in [1.82, 2.24) is 9.80 Å². The number of likely N-dealkylation sites (N-methyl/N-ethyl adjacent to an activating group) is 2. The molecule has 0 amide bonds. The van der Waals surface area contributed by atoms with E-state index in [1.54, 1.807) is 41.5 Å². The highest BCUT2D eigenvalue weighted by Gasteiger charge is 2.53. The van der Waals surface area contributed by atoms with Crippen LogP contribution in [-0.4, -0.2) is 167 Å². The van der Waals surface area contributed by atoms with Crippen molar-refractivity contribution >= 4 is 11.9 Å². The van der Waals surface area contributed by atoms with Gasteiger partial charge in [-0.25, -0.2) is 0 Å². The van der Waals surface area contributed by atoms with Crippen molar-refractivity contribution in [1.29, 1.82) is 0 Å². The van der Waals surface area contributed by atoms with Crippen LogP contribution in [-0.2, 0) is 42.7 Å². The van der Waals surface area contributed by atoms with Gasteiger partial charge in [-0.15, -0.1) is 0 Å². The van der Waals surface area contributed by atoms with Gasteiger partial charge in [-0.3, -0.25) is 14.5 Å². The second-order valence-corrected chi connectivity index (χ2v) is 18.0. The first-order valence-electron chi connectivity index (χ1n) is 20.6. The van der Waals surface area contributed by atoms with E-state index in [1.807, 2.05) is 58.6 Å². The lowest BCUT2D eigenvalue weighted by Gasteiger charge is -2.48. The Labute approximate surface area is 335 Å². The maximum absolute atomic E-state index is 14.4. The van der Waals surface area contributed by atoms with Crippen LogP contribution < -0.4 is 0 Å². The molecule has 15 nitrogen and oxygen atoms in total. The van der Waals surface area contributed by atoms with Crippen LogP contribution in [0.2, 0.25) is 0 Å². The number of methoxy groups -OCH3 is 1. The van der Waals surface area contributed by atoms with E-state index in [0.29, 0.717) is 13.0 Å². The van der Waals surface area contributed by atoms with Crippen LogP contribution >= 0.6 is 0 Å².